The van der Waals surface area contributed by atoms with E-state index in [1.54, 1.807) is 42.6 Å². The van der Waals surface area contributed by atoms with Crippen molar-refractivity contribution >= 4 is 17.3 Å². The molecule has 4 aromatic rings. The standard InChI is InChI=1S/C23H22N6O2/c1-16-24-11-12-29(16)21-14-22(26-15-25-21)31-20-9-7-18(8-10-20)27-23(30)17-5-4-6-19(13-17)28(2)3/h4-15H,1-3H3,(H,27,30). The lowest BCUT2D eigenvalue weighted by Gasteiger charge is -2.13. The van der Waals surface area contributed by atoms with Crippen molar-refractivity contribution in [1.29, 1.82) is 0 Å². The van der Waals surface area contributed by atoms with Crippen LogP contribution in [0.4, 0.5) is 11.4 Å². The number of carbonyl (C=O) groups excluding carboxylic acids is 1. The molecule has 2 heterocycles. The second-order valence-electron chi connectivity index (χ2n) is 7.08. The van der Waals surface area contributed by atoms with Gasteiger partial charge >= 0.3 is 0 Å². The summed E-state index contributed by atoms with van der Waals surface area (Å²) < 4.78 is 7.69. The molecule has 0 aliphatic rings. The molecule has 0 saturated heterocycles. The molecule has 0 unspecified atom stereocenters. The van der Waals surface area contributed by atoms with Crippen LogP contribution in [0.25, 0.3) is 5.82 Å². The minimum absolute atomic E-state index is 0.173. The maximum Gasteiger partial charge on any atom is 0.255 e. The second kappa shape index (κ2) is 8.66. The van der Waals surface area contributed by atoms with Gasteiger partial charge in [0.2, 0.25) is 5.88 Å². The van der Waals surface area contributed by atoms with Gasteiger partial charge in [0.25, 0.3) is 5.91 Å². The van der Waals surface area contributed by atoms with Crippen molar-refractivity contribution < 1.29 is 9.53 Å². The van der Waals surface area contributed by atoms with Gasteiger partial charge in [-0.3, -0.25) is 9.36 Å². The molecular weight excluding hydrogens is 392 g/mol. The summed E-state index contributed by atoms with van der Waals surface area (Å²) in [4.78, 5) is 27.1. The van der Waals surface area contributed by atoms with E-state index < -0.39 is 0 Å². The largest absolute Gasteiger partial charge is 0.439 e. The molecule has 0 spiro atoms. The van der Waals surface area contributed by atoms with E-state index in [2.05, 4.69) is 20.3 Å². The first-order valence-corrected chi connectivity index (χ1v) is 9.68. The van der Waals surface area contributed by atoms with Gasteiger partial charge in [-0.15, -0.1) is 0 Å². The number of hydrogen-bond donors (Lipinski definition) is 1. The van der Waals surface area contributed by atoms with Crippen molar-refractivity contribution in [3.8, 4) is 17.4 Å². The third kappa shape index (κ3) is 4.69. The first-order valence-electron chi connectivity index (χ1n) is 9.68. The monoisotopic (exact) mass is 414 g/mol. The number of amides is 1. The highest BCUT2D eigenvalue weighted by Crippen LogP contribution is 2.23. The Bertz CT molecular complexity index is 1200. The number of carbonyl (C=O) groups is 1. The SMILES string of the molecule is Cc1nccn1-c1cc(Oc2ccc(NC(=O)c3cccc(N(C)C)c3)cc2)ncn1. The summed E-state index contributed by atoms with van der Waals surface area (Å²) in [5, 5.41) is 2.90. The Balaban J connectivity index is 1.44. The van der Waals surface area contributed by atoms with E-state index in [0.717, 1.165) is 11.5 Å². The fourth-order valence-electron chi connectivity index (χ4n) is 2.99. The van der Waals surface area contributed by atoms with Crippen LogP contribution in [0.3, 0.4) is 0 Å². The van der Waals surface area contributed by atoms with Crippen LogP contribution in [-0.4, -0.2) is 39.5 Å². The average molecular weight is 414 g/mol. The van der Waals surface area contributed by atoms with Gasteiger partial charge in [-0.25, -0.2) is 15.0 Å². The predicted octanol–water partition coefficient (Wildman–Crippen LogP) is 4.08. The summed E-state index contributed by atoms with van der Waals surface area (Å²) in [5.41, 5.74) is 2.23. The molecule has 0 saturated carbocycles. The van der Waals surface area contributed by atoms with Crippen molar-refractivity contribution in [3.63, 3.8) is 0 Å². The number of imidazole rings is 1. The van der Waals surface area contributed by atoms with Gasteiger partial charge in [0.05, 0.1) is 0 Å². The Morgan fingerprint density at radius 2 is 1.84 bits per heavy atom. The Kier molecular flexibility index (Phi) is 5.61. The van der Waals surface area contributed by atoms with E-state index in [4.69, 9.17) is 4.74 Å². The normalized spacial score (nSPS) is 10.5. The summed E-state index contributed by atoms with van der Waals surface area (Å²) in [6, 6.07) is 16.3. The molecule has 0 aliphatic heterocycles. The first-order chi connectivity index (χ1) is 15.0. The molecule has 31 heavy (non-hydrogen) atoms. The number of aryl methyl sites for hydroxylation is 1. The number of rotatable bonds is 6. The van der Waals surface area contributed by atoms with Crippen LogP contribution in [-0.2, 0) is 0 Å². The number of nitrogens with one attached hydrogen (secondary N) is 1. The Hall–Kier alpha value is -4.20. The molecule has 0 fully saturated rings. The Morgan fingerprint density at radius 1 is 1.03 bits per heavy atom. The number of aromatic nitrogens is 4. The summed E-state index contributed by atoms with van der Waals surface area (Å²) in [5.74, 6) is 2.33. The van der Waals surface area contributed by atoms with Crippen LogP contribution in [0.1, 0.15) is 16.2 Å². The summed E-state index contributed by atoms with van der Waals surface area (Å²) in [6.07, 6.45) is 4.98. The molecule has 1 N–H and O–H groups in total. The Labute approximate surface area is 180 Å². The minimum Gasteiger partial charge on any atom is -0.439 e. The predicted molar refractivity (Wildman–Crippen MR) is 119 cm³/mol. The zero-order chi connectivity index (χ0) is 21.8. The lowest BCUT2D eigenvalue weighted by atomic mass is 10.1. The summed E-state index contributed by atoms with van der Waals surface area (Å²) >= 11 is 0. The van der Waals surface area contributed by atoms with Gasteiger partial charge in [-0.1, -0.05) is 6.07 Å². The van der Waals surface area contributed by atoms with E-state index in [0.29, 0.717) is 28.7 Å². The molecule has 8 heteroatoms. The van der Waals surface area contributed by atoms with E-state index in [9.17, 15) is 4.79 Å². The third-order valence-corrected chi connectivity index (χ3v) is 4.66. The van der Waals surface area contributed by atoms with E-state index in [-0.39, 0.29) is 5.91 Å². The lowest BCUT2D eigenvalue weighted by molar-refractivity contribution is 0.102. The molecule has 0 atom stereocenters. The van der Waals surface area contributed by atoms with Gasteiger partial charge < -0.3 is 15.0 Å². The topological polar surface area (TPSA) is 85.2 Å². The Morgan fingerprint density at radius 3 is 2.55 bits per heavy atom. The molecule has 0 radical (unpaired) electrons. The number of ether oxygens (including phenoxy) is 1. The van der Waals surface area contributed by atoms with Crippen LogP contribution in [0.15, 0.2) is 73.3 Å². The highest BCUT2D eigenvalue weighted by Gasteiger charge is 2.09. The van der Waals surface area contributed by atoms with Gasteiger partial charge in [0.1, 0.15) is 23.7 Å². The fourth-order valence-corrected chi connectivity index (χ4v) is 2.99. The number of nitrogens with zero attached hydrogens (tertiary/aromatic N) is 5. The second-order valence-corrected chi connectivity index (χ2v) is 7.08. The van der Waals surface area contributed by atoms with Gasteiger partial charge in [-0.05, 0) is 49.4 Å². The van der Waals surface area contributed by atoms with Crippen molar-refractivity contribution in [3.05, 3.63) is 84.7 Å². The van der Waals surface area contributed by atoms with Crippen molar-refractivity contribution in [2.45, 2.75) is 6.92 Å². The molecule has 2 aromatic heterocycles. The van der Waals surface area contributed by atoms with Gasteiger partial charge in [0, 0.05) is 49.5 Å². The molecule has 0 aliphatic carbocycles. The summed E-state index contributed by atoms with van der Waals surface area (Å²) in [6.45, 7) is 1.90. The minimum atomic E-state index is -0.173. The third-order valence-electron chi connectivity index (χ3n) is 4.66. The molecule has 8 nitrogen and oxygen atoms in total. The molecule has 2 aromatic carbocycles. The quantitative estimate of drug-likeness (QED) is 0.512. The van der Waals surface area contributed by atoms with Crippen molar-refractivity contribution in [2.24, 2.45) is 0 Å². The van der Waals surface area contributed by atoms with Crippen LogP contribution >= 0.6 is 0 Å². The molecule has 1 amide bonds. The van der Waals surface area contributed by atoms with Gasteiger partial charge in [-0.2, -0.15) is 0 Å². The lowest BCUT2D eigenvalue weighted by Crippen LogP contribution is -2.14. The van der Waals surface area contributed by atoms with Crippen molar-refractivity contribution in [1.82, 2.24) is 19.5 Å². The van der Waals surface area contributed by atoms with Crippen LogP contribution in [0, 0.1) is 6.92 Å². The average Bonchev–Trinajstić information content (AvgIpc) is 3.21. The summed E-state index contributed by atoms with van der Waals surface area (Å²) in [7, 11) is 3.87. The molecule has 156 valence electrons. The molecule has 4 rings (SSSR count). The number of anilines is 2. The number of hydrogen-bond acceptors (Lipinski definition) is 6. The maximum absolute atomic E-state index is 12.6. The first kappa shape index (κ1) is 20.1. The fraction of sp³-hybridized carbons (Fsp3) is 0.130. The van der Waals surface area contributed by atoms with Crippen LogP contribution in [0.5, 0.6) is 11.6 Å². The van der Waals surface area contributed by atoms with Crippen LogP contribution in [0.2, 0.25) is 0 Å². The van der Waals surface area contributed by atoms with Crippen LogP contribution < -0.4 is 15.0 Å². The van der Waals surface area contributed by atoms with Gasteiger partial charge in [0.15, 0.2) is 0 Å². The van der Waals surface area contributed by atoms with E-state index >= 15 is 0 Å². The molecular formula is C23H22N6O2. The zero-order valence-corrected chi connectivity index (χ0v) is 17.5. The smallest absolute Gasteiger partial charge is 0.255 e. The number of benzene rings is 2. The maximum atomic E-state index is 12.6. The highest BCUT2D eigenvalue weighted by atomic mass is 16.5. The van der Waals surface area contributed by atoms with E-state index in [1.165, 1.54) is 6.33 Å². The molecule has 0 bridgehead atoms. The van der Waals surface area contributed by atoms with Crippen molar-refractivity contribution in [2.75, 3.05) is 24.3 Å². The zero-order valence-electron chi connectivity index (χ0n) is 17.5. The van der Waals surface area contributed by atoms with E-state index in [1.807, 2.05) is 54.9 Å². The highest BCUT2D eigenvalue weighted by molar-refractivity contribution is 6.04.